The number of rotatable bonds is 5. The quantitative estimate of drug-likeness (QED) is 0.911. The van der Waals surface area contributed by atoms with Gasteiger partial charge in [0.25, 0.3) is 0 Å². The van der Waals surface area contributed by atoms with Gasteiger partial charge in [0.2, 0.25) is 5.91 Å². The number of para-hydroxylation sites is 1. The van der Waals surface area contributed by atoms with Gasteiger partial charge in [-0.2, -0.15) is 0 Å². The minimum absolute atomic E-state index is 0.0935. The van der Waals surface area contributed by atoms with Crippen LogP contribution in [0.5, 0.6) is 5.75 Å². The fourth-order valence-electron chi connectivity index (χ4n) is 3.20. The maximum atomic E-state index is 12.7. The highest BCUT2D eigenvalue weighted by Gasteiger charge is 2.20. The van der Waals surface area contributed by atoms with Crippen LogP contribution in [0.2, 0.25) is 0 Å². The highest BCUT2D eigenvalue weighted by molar-refractivity contribution is 5.79. The average molecular weight is 338 g/mol. The van der Waals surface area contributed by atoms with Gasteiger partial charge in [-0.3, -0.25) is 4.79 Å². The first-order chi connectivity index (χ1) is 12.2. The van der Waals surface area contributed by atoms with E-state index in [0.717, 1.165) is 42.7 Å². The van der Waals surface area contributed by atoms with Crippen LogP contribution in [0.3, 0.4) is 0 Å². The van der Waals surface area contributed by atoms with Crippen LogP contribution in [0, 0.1) is 0 Å². The first-order valence-electron chi connectivity index (χ1n) is 9.00. The Balaban J connectivity index is 1.64. The Morgan fingerprint density at radius 2 is 1.84 bits per heavy atom. The Morgan fingerprint density at radius 1 is 1.08 bits per heavy atom. The first-order valence-corrected chi connectivity index (χ1v) is 9.00. The van der Waals surface area contributed by atoms with Crippen molar-refractivity contribution in [2.24, 2.45) is 5.73 Å². The van der Waals surface area contributed by atoms with Crippen LogP contribution in [0.4, 0.5) is 0 Å². The molecule has 1 aliphatic rings. The number of carbonyl (C=O) groups excluding carboxylic acids is 1. The second-order valence-electron chi connectivity index (χ2n) is 6.65. The molecule has 0 aliphatic carbocycles. The van der Waals surface area contributed by atoms with Crippen LogP contribution in [0.1, 0.15) is 30.4 Å². The van der Waals surface area contributed by atoms with Gasteiger partial charge in [-0.1, -0.05) is 55.0 Å². The van der Waals surface area contributed by atoms with Crippen molar-refractivity contribution in [2.75, 3.05) is 13.1 Å². The summed E-state index contributed by atoms with van der Waals surface area (Å²) in [4.78, 5) is 14.6. The Labute approximate surface area is 149 Å². The molecule has 0 radical (unpaired) electrons. The van der Waals surface area contributed by atoms with Gasteiger partial charge in [0.15, 0.2) is 0 Å². The van der Waals surface area contributed by atoms with Crippen molar-refractivity contribution in [3.63, 3.8) is 0 Å². The molecule has 1 heterocycles. The number of carbonyl (C=O) groups is 1. The number of hydrogen-bond acceptors (Lipinski definition) is 3. The third-order valence-corrected chi connectivity index (χ3v) is 4.61. The molecule has 132 valence electrons. The molecule has 1 saturated heterocycles. The fraction of sp³-hybridized carbons (Fsp3) is 0.381. The predicted octanol–water partition coefficient (Wildman–Crippen LogP) is 3.15. The molecule has 0 spiro atoms. The molecule has 0 saturated carbocycles. The summed E-state index contributed by atoms with van der Waals surface area (Å²) in [7, 11) is 0. The third-order valence-electron chi connectivity index (χ3n) is 4.61. The summed E-state index contributed by atoms with van der Waals surface area (Å²) >= 11 is 0. The third kappa shape index (κ3) is 5.07. The van der Waals surface area contributed by atoms with Gasteiger partial charge in [-0.25, -0.2) is 0 Å². The van der Waals surface area contributed by atoms with E-state index in [1.54, 1.807) is 0 Å². The number of nitrogens with zero attached hydrogens (tertiary/aromatic N) is 1. The van der Waals surface area contributed by atoms with Gasteiger partial charge in [-0.15, -0.1) is 0 Å². The molecule has 2 N–H and O–H groups in total. The summed E-state index contributed by atoms with van der Waals surface area (Å²) in [6.45, 7) is 1.96. The van der Waals surface area contributed by atoms with Crippen molar-refractivity contribution in [3.8, 4) is 5.75 Å². The largest absolute Gasteiger partial charge is 0.489 e. The van der Waals surface area contributed by atoms with E-state index in [9.17, 15) is 4.79 Å². The number of likely N-dealkylation sites (tertiary alicyclic amines) is 1. The Bertz CT molecular complexity index is 687. The van der Waals surface area contributed by atoms with Crippen molar-refractivity contribution < 1.29 is 9.53 Å². The van der Waals surface area contributed by atoms with E-state index in [1.807, 2.05) is 59.5 Å². The average Bonchev–Trinajstić information content (AvgIpc) is 2.86. The summed E-state index contributed by atoms with van der Waals surface area (Å²) in [5.41, 5.74) is 8.12. The summed E-state index contributed by atoms with van der Waals surface area (Å²) in [6.07, 6.45) is 3.49. The van der Waals surface area contributed by atoms with E-state index in [1.165, 1.54) is 0 Å². The molecule has 3 rings (SSSR count). The van der Waals surface area contributed by atoms with Crippen LogP contribution in [-0.4, -0.2) is 29.9 Å². The van der Waals surface area contributed by atoms with Gasteiger partial charge in [0.1, 0.15) is 12.4 Å². The normalized spacial score (nSPS) is 17.8. The number of nitrogens with two attached hydrogens (primary N) is 1. The monoisotopic (exact) mass is 338 g/mol. The molecule has 2 aromatic rings. The SMILES string of the molecule is NC1CCCCN(C(=O)Cc2ccccc2OCc2ccccc2)C1. The second-order valence-corrected chi connectivity index (χ2v) is 6.65. The Hall–Kier alpha value is -2.33. The van der Waals surface area contributed by atoms with Crippen molar-refractivity contribution in [1.29, 1.82) is 0 Å². The van der Waals surface area contributed by atoms with Crippen LogP contribution in [-0.2, 0) is 17.8 Å². The Morgan fingerprint density at radius 3 is 2.68 bits per heavy atom. The topological polar surface area (TPSA) is 55.6 Å². The number of amides is 1. The standard InChI is InChI=1S/C21H26N2O2/c22-19-11-6-7-13-23(15-19)21(24)14-18-10-4-5-12-20(18)25-16-17-8-2-1-3-9-17/h1-5,8-10,12,19H,6-7,11,13-16,22H2. The zero-order valence-electron chi connectivity index (χ0n) is 14.6. The van der Waals surface area contributed by atoms with E-state index in [0.29, 0.717) is 19.6 Å². The fourth-order valence-corrected chi connectivity index (χ4v) is 3.20. The van der Waals surface area contributed by atoms with E-state index in [2.05, 4.69) is 0 Å². The molecule has 1 aliphatic heterocycles. The van der Waals surface area contributed by atoms with Crippen LogP contribution in [0.25, 0.3) is 0 Å². The van der Waals surface area contributed by atoms with Crippen molar-refractivity contribution >= 4 is 5.91 Å². The minimum atomic E-state index is 0.0935. The molecule has 0 aromatic heterocycles. The first kappa shape index (κ1) is 17.5. The second kappa shape index (κ2) is 8.67. The molecule has 1 fully saturated rings. The molecule has 4 nitrogen and oxygen atoms in total. The summed E-state index contributed by atoms with van der Waals surface area (Å²) < 4.78 is 5.96. The highest BCUT2D eigenvalue weighted by Crippen LogP contribution is 2.21. The van der Waals surface area contributed by atoms with Gasteiger partial charge in [0.05, 0.1) is 6.42 Å². The maximum absolute atomic E-state index is 12.7. The van der Waals surface area contributed by atoms with Gasteiger partial charge >= 0.3 is 0 Å². The summed E-state index contributed by atoms with van der Waals surface area (Å²) in [6, 6.07) is 17.9. The lowest BCUT2D eigenvalue weighted by molar-refractivity contribution is -0.130. The maximum Gasteiger partial charge on any atom is 0.227 e. The molecular weight excluding hydrogens is 312 g/mol. The van der Waals surface area contributed by atoms with E-state index in [4.69, 9.17) is 10.5 Å². The van der Waals surface area contributed by atoms with E-state index >= 15 is 0 Å². The van der Waals surface area contributed by atoms with E-state index < -0.39 is 0 Å². The molecule has 1 atom stereocenters. The lowest BCUT2D eigenvalue weighted by Crippen LogP contribution is -2.40. The molecule has 2 aromatic carbocycles. The smallest absolute Gasteiger partial charge is 0.227 e. The summed E-state index contributed by atoms with van der Waals surface area (Å²) in [5.74, 6) is 0.909. The lowest BCUT2D eigenvalue weighted by Gasteiger charge is -2.23. The van der Waals surface area contributed by atoms with Crippen molar-refractivity contribution in [2.45, 2.75) is 38.3 Å². The number of hydrogen-bond donors (Lipinski definition) is 1. The van der Waals surface area contributed by atoms with Crippen LogP contribution >= 0.6 is 0 Å². The molecule has 25 heavy (non-hydrogen) atoms. The van der Waals surface area contributed by atoms with Crippen molar-refractivity contribution in [1.82, 2.24) is 4.90 Å². The van der Waals surface area contributed by atoms with Crippen LogP contribution < -0.4 is 10.5 Å². The molecule has 1 amide bonds. The zero-order chi connectivity index (χ0) is 17.5. The predicted molar refractivity (Wildman–Crippen MR) is 99.3 cm³/mol. The van der Waals surface area contributed by atoms with E-state index in [-0.39, 0.29) is 11.9 Å². The van der Waals surface area contributed by atoms with Crippen LogP contribution in [0.15, 0.2) is 54.6 Å². The summed E-state index contributed by atoms with van der Waals surface area (Å²) in [5, 5.41) is 0. The van der Waals surface area contributed by atoms with Gasteiger partial charge in [0, 0.05) is 24.7 Å². The van der Waals surface area contributed by atoms with Gasteiger partial charge in [-0.05, 0) is 24.5 Å². The number of ether oxygens (including phenoxy) is 1. The highest BCUT2D eigenvalue weighted by atomic mass is 16.5. The van der Waals surface area contributed by atoms with Crippen molar-refractivity contribution in [3.05, 3.63) is 65.7 Å². The molecule has 4 heteroatoms. The Kier molecular flexibility index (Phi) is 6.07. The molecule has 1 unspecified atom stereocenters. The lowest BCUT2D eigenvalue weighted by atomic mass is 10.1. The molecule has 0 bridgehead atoms. The van der Waals surface area contributed by atoms with Gasteiger partial charge < -0.3 is 15.4 Å². The zero-order valence-corrected chi connectivity index (χ0v) is 14.6. The minimum Gasteiger partial charge on any atom is -0.489 e. The number of benzene rings is 2. The molecular formula is C21H26N2O2.